The molecule has 0 amide bonds. The monoisotopic (exact) mass is 359 g/mol. The summed E-state index contributed by atoms with van der Waals surface area (Å²) in [5.41, 5.74) is 0.785. The second-order valence-corrected chi connectivity index (χ2v) is 5.26. The van der Waals surface area contributed by atoms with Crippen molar-refractivity contribution in [3.05, 3.63) is 51.1 Å². The van der Waals surface area contributed by atoms with Gasteiger partial charge in [-0.1, -0.05) is 27.5 Å². The fourth-order valence-corrected chi connectivity index (χ4v) is 2.20. The summed E-state index contributed by atoms with van der Waals surface area (Å²) in [5, 5.41) is 3.41. The molecule has 20 heavy (non-hydrogen) atoms. The summed E-state index contributed by atoms with van der Waals surface area (Å²) in [6.07, 6.45) is 0. The molecule has 2 aromatic rings. The molecular formula is C13H12BrClFN3O. The van der Waals surface area contributed by atoms with Gasteiger partial charge in [0.05, 0.1) is 0 Å². The van der Waals surface area contributed by atoms with Gasteiger partial charge in [0.2, 0.25) is 0 Å². The van der Waals surface area contributed by atoms with E-state index in [2.05, 4.69) is 31.2 Å². The lowest BCUT2D eigenvalue weighted by Crippen LogP contribution is -2.06. The predicted molar refractivity (Wildman–Crippen MR) is 79.2 cm³/mol. The van der Waals surface area contributed by atoms with Crippen LogP contribution in [0.1, 0.15) is 11.4 Å². The van der Waals surface area contributed by atoms with E-state index in [0.717, 1.165) is 10.0 Å². The van der Waals surface area contributed by atoms with Crippen molar-refractivity contribution >= 4 is 33.3 Å². The summed E-state index contributed by atoms with van der Waals surface area (Å²) in [6, 6.07) is 6.12. The Hall–Kier alpha value is -1.24. The zero-order valence-electron chi connectivity index (χ0n) is 10.7. The first-order valence-electron chi connectivity index (χ1n) is 5.78. The second kappa shape index (κ2) is 6.97. The van der Waals surface area contributed by atoms with Crippen molar-refractivity contribution in [3.63, 3.8) is 0 Å². The predicted octanol–water partition coefficient (Wildman–Crippen LogP) is 3.79. The number of ether oxygens (including phenoxy) is 1. The van der Waals surface area contributed by atoms with Gasteiger partial charge in [-0.2, -0.15) is 0 Å². The molecule has 0 saturated heterocycles. The highest BCUT2D eigenvalue weighted by atomic mass is 79.9. The van der Waals surface area contributed by atoms with Gasteiger partial charge in [0, 0.05) is 24.2 Å². The van der Waals surface area contributed by atoms with E-state index in [1.165, 1.54) is 12.1 Å². The zero-order chi connectivity index (χ0) is 14.5. The average Bonchev–Trinajstić information content (AvgIpc) is 2.40. The van der Waals surface area contributed by atoms with E-state index in [1.54, 1.807) is 19.2 Å². The minimum atomic E-state index is -0.286. The van der Waals surface area contributed by atoms with Crippen LogP contribution in [-0.4, -0.2) is 17.1 Å². The maximum absolute atomic E-state index is 13.2. The van der Waals surface area contributed by atoms with Crippen molar-refractivity contribution in [2.45, 2.75) is 13.2 Å². The summed E-state index contributed by atoms with van der Waals surface area (Å²) in [5.74, 6) is 0.764. The number of nitrogens with zero attached hydrogens (tertiary/aromatic N) is 2. The molecule has 1 heterocycles. The highest BCUT2D eigenvalue weighted by molar-refractivity contribution is 9.10. The summed E-state index contributed by atoms with van der Waals surface area (Å²) in [6.45, 7) is 0.691. The van der Waals surface area contributed by atoms with Crippen molar-refractivity contribution in [1.29, 1.82) is 0 Å². The standard InChI is InChI=1S/C13H12BrClFN3O/c1-20-7-13-18-11(15)5-12(19-13)17-6-8-4-9(16)2-3-10(8)14/h2-5H,6-7H2,1H3,(H,17,18,19). The number of benzene rings is 1. The summed E-state index contributed by atoms with van der Waals surface area (Å²) >= 11 is 9.28. The number of nitrogens with one attached hydrogen (secondary N) is 1. The number of anilines is 1. The molecule has 0 unspecified atom stereocenters. The number of aromatic nitrogens is 2. The third-order valence-corrected chi connectivity index (χ3v) is 3.45. The molecule has 0 aliphatic rings. The first-order chi connectivity index (χ1) is 9.58. The van der Waals surface area contributed by atoms with Crippen LogP contribution in [0.4, 0.5) is 10.2 Å². The molecule has 0 radical (unpaired) electrons. The zero-order valence-corrected chi connectivity index (χ0v) is 13.0. The molecule has 2 rings (SSSR count). The first kappa shape index (κ1) is 15.2. The smallest absolute Gasteiger partial charge is 0.158 e. The first-order valence-corrected chi connectivity index (χ1v) is 6.96. The van der Waals surface area contributed by atoms with Gasteiger partial charge in [0.25, 0.3) is 0 Å². The Labute approximate surface area is 129 Å². The van der Waals surface area contributed by atoms with Gasteiger partial charge >= 0.3 is 0 Å². The molecule has 0 aliphatic heterocycles. The van der Waals surface area contributed by atoms with Gasteiger partial charge in [-0.15, -0.1) is 0 Å². The van der Waals surface area contributed by atoms with E-state index >= 15 is 0 Å². The molecule has 1 N–H and O–H groups in total. The minimum absolute atomic E-state index is 0.277. The third-order valence-electron chi connectivity index (χ3n) is 2.48. The summed E-state index contributed by atoms with van der Waals surface area (Å²) < 4.78 is 19.0. The molecule has 0 atom stereocenters. The Morgan fingerprint density at radius 1 is 1.35 bits per heavy atom. The number of rotatable bonds is 5. The second-order valence-electron chi connectivity index (χ2n) is 4.01. The third kappa shape index (κ3) is 4.13. The maximum atomic E-state index is 13.2. The molecule has 0 spiro atoms. The van der Waals surface area contributed by atoms with E-state index in [1.807, 2.05) is 0 Å². The largest absolute Gasteiger partial charge is 0.377 e. The van der Waals surface area contributed by atoms with Crippen LogP contribution in [0.25, 0.3) is 0 Å². The van der Waals surface area contributed by atoms with Crippen LogP contribution in [0.2, 0.25) is 5.15 Å². The summed E-state index contributed by atoms with van der Waals surface area (Å²) in [7, 11) is 1.56. The molecule has 0 saturated carbocycles. The summed E-state index contributed by atoms with van der Waals surface area (Å²) in [4.78, 5) is 8.28. The molecule has 4 nitrogen and oxygen atoms in total. The number of methoxy groups -OCH3 is 1. The minimum Gasteiger partial charge on any atom is -0.377 e. The van der Waals surface area contributed by atoms with Crippen molar-refractivity contribution in [2.24, 2.45) is 0 Å². The van der Waals surface area contributed by atoms with Crippen LogP contribution in [0.5, 0.6) is 0 Å². The fourth-order valence-electron chi connectivity index (χ4n) is 1.61. The van der Waals surface area contributed by atoms with Crippen molar-refractivity contribution in [1.82, 2.24) is 9.97 Å². The van der Waals surface area contributed by atoms with E-state index in [-0.39, 0.29) is 12.4 Å². The van der Waals surface area contributed by atoms with E-state index in [4.69, 9.17) is 16.3 Å². The molecule has 0 fully saturated rings. The van der Waals surface area contributed by atoms with Crippen LogP contribution in [0, 0.1) is 5.82 Å². The normalized spacial score (nSPS) is 10.6. The van der Waals surface area contributed by atoms with E-state index in [0.29, 0.717) is 23.3 Å². The van der Waals surface area contributed by atoms with Gasteiger partial charge in [-0.05, 0) is 23.8 Å². The van der Waals surface area contributed by atoms with Crippen LogP contribution in [0.15, 0.2) is 28.7 Å². The van der Waals surface area contributed by atoms with Crippen molar-refractivity contribution < 1.29 is 9.13 Å². The highest BCUT2D eigenvalue weighted by Crippen LogP contribution is 2.19. The molecule has 1 aromatic carbocycles. The average molecular weight is 361 g/mol. The van der Waals surface area contributed by atoms with Crippen molar-refractivity contribution in [3.8, 4) is 0 Å². The van der Waals surface area contributed by atoms with Crippen LogP contribution in [0.3, 0.4) is 0 Å². The Bertz CT molecular complexity index is 612. The van der Waals surface area contributed by atoms with Gasteiger partial charge < -0.3 is 10.1 Å². The molecule has 106 valence electrons. The Kier molecular flexibility index (Phi) is 5.28. The van der Waals surface area contributed by atoms with Crippen molar-refractivity contribution in [2.75, 3.05) is 12.4 Å². The van der Waals surface area contributed by atoms with E-state index < -0.39 is 0 Å². The number of hydrogen-bond donors (Lipinski definition) is 1. The van der Waals surface area contributed by atoms with Gasteiger partial charge in [-0.3, -0.25) is 0 Å². The Balaban J connectivity index is 2.12. The Morgan fingerprint density at radius 2 is 2.15 bits per heavy atom. The van der Waals surface area contributed by atoms with Crippen LogP contribution < -0.4 is 5.32 Å². The lowest BCUT2D eigenvalue weighted by Gasteiger charge is -2.09. The lowest BCUT2D eigenvalue weighted by atomic mass is 10.2. The SMILES string of the molecule is COCc1nc(Cl)cc(NCc2cc(F)ccc2Br)n1. The lowest BCUT2D eigenvalue weighted by molar-refractivity contribution is 0.178. The van der Waals surface area contributed by atoms with Gasteiger partial charge in [0.15, 0.2) is 5.82 Å². The number of halogens is 3. The topological polar surface area (TPSA) is 47.0 Å². The van der Waals surface area contributed by atoms with E-state index in [9.17, 15) is 4.39 Å². The number of hydrogen-bond acceptors (Lipinski definition) is 4. The van der Waals surface area contributed by atoms with Crippen LogP contribution in [-0.2, 0) is 17.9 Å². The highest BCUT2D eigenvalue weighted by Gasteiger charge is 2.05. The van der Waals surface area contributed by atoms with Gasteiger partial charge in [-0.25, -0.2) is 14.4 Å². The molecule has 0 aliphatic carbocycles. The quantitative estimate of drug-likeness (QED) is 0.824. The van der Waals surface area contributed by atoms with Crippen LogP contribution >= 0.6 is 27.5 Å². The maximum Gasteiger partial charge on any atom is 0.158 e. The molecule has 0 bridgehead atoms. The van der Waals surface area contributed by atoms with Gasteiger partial charge in [0.1, 0.15) is 23.4 Å². The molecule has 1 aromatic heterocycles. The Morgan fingerprint density at radius 3 is 2.90 bits per heavy atom. The molecule has 7 heteroatoms. The fraction of sp³-hybridized carbons (Fsp3) is 0.231. The molecular weight excluding hydrogens is 349 g/mol.